The SMILES string of the molecule is CC(=O)C(CN)c1ccccc1. The molecule has 0 heterocycles. The molecule has 1 aromatic rings. The summed E-state index contributed by atoms with van der Waals surface area (Å²) < 4.78 is 0. The van der Waals surface area contributed by atoms with Crippen molar-refractivity contribution in [1.29, 1.82) is 0 Å². The number of rotatable bonds is 3. The largest absolute Gasteiger partial charge is 0.329 e. The Morgan fingerprint density at radius 2 is 2.00 bits per heavy atom. The summed E-state index contributed by atoms with van der Waals surface area (Å²) in [5.74, 6) is -0.00472. The highest BCUT2D eigenvalue weighted by Crippen LogP contribution is 2.14. The van der Waals surface area contributed by atoms with Gasteiger partial charge in [-0.15, -0.1) is 0 Å². The van der Waals surface area contributed by atoms with E-state index in [9.17, 15) is 4.79 Å². The lowest BCUT2D eigenvalue weighted by Gasteiger charge is -2.10. The summed E-state index contributed by atoms with van der Waals surface area (Å²) in [4.78, 5) is 11.1. The molecule has 0 saturated heterocycles. The van der Waals surface area contributed by atoms with Gasteiger partial charge < -0.3 is 5.73 Å². The number of Topliss-reactive ketones (excluding diaryl/α,β-unsaturated/α-hetero) is 1. The second-order valence-corrected chi connectivity index (χ2v) is 2.81. The first-order valence-corrected chi connectivity index (χ1v) is 4.01. The van der Waals surface area contributed by atoms with Gasteiger partial charge in [-0.25, -0.2) is 0 Å². The average molecular weight is 163 g/mol. The van der Waals surface area contributed by atoms with Gasteiger partial charge in [0, 0.05) is 6.54 Å². The van der Waals surface area contributed by atoms with E-state index in [2.05, 4.69) is 0 Å². The van der Waals surface area contributed by atoms with E-state index >= 15 is 0 Å². The predicted octanol–water partition coefficient (Wildman–Crippen LogP) is 1.32. The maximum Gasteiger partial charge on any atom is 0.138 e. The van der Waals surface area contributed by atoms with Crippen LogP contribution in [0.15, 0.2) is 30.3 Å². The molecule has 64 valence electrons. The predicted molar refractivity (Wildman–Crippen MR) is 48.9 cm³/mol. The van der Waals surface area contributed by atoms with Crippen LogP contribution >= 0.6 is 0 Å². The highest BCUT2D eigenvalue weighted by Gasteiger charge is 2.13. The Bertz CT molecular complexity index is 256. The van der Waals surface area contributed by atoms with Crippen molar-refractivity contribution in [2.24, 2.45) is 5.73 Å². The van der Waals surface area contributed by atoms with Crippen molar-refractivity contribution in [1.82, 2.24) is 0 Å². The second-order valence-electron chi connectivity index (χ2n) is 2.81. The van der Waals surface area contributed by atoms with E-state index in [0.29, 0.717) is 6.54 Å². The minimum absolute atomic E-state index is 0.128. The molecule has 0 aromatic heterocycles. The van der Waals surface area contributed by atoms with Crippen LogP contribution in [0.25, 0.3) is 0 Å². The van der Waals surface area contributed by atoms with E-state index in [1.165, 1.54) is 0 Å². The summed E-state index contributed by atoms with van der Waals surface area (Å²) in [6.07, 6.45) is 0. The molecule has 0 aliphatic heterocycles. The van der Waals surface area contributed by atoms with Gasteiger partial charge in [-0.05, 0) is 12.5 Å². The zero-order chi connectivity index (χ0) is 8.97. The lowest BCUT2D eigenvalue weighted by atomic mass is 9.96. The molecule has 1 aromatic carbocycles. The van der Waals surface area contributed by atoms with Gasteiger partial charge in [0.05, 0.1) is 5.92 Å². The molecule has 12 heavy (non-hydrogen) atoms. The second kappa shape index (κ2) is 4.02. The lowest BCUT2D eigenvalue weighted by molar-refractivity contribution is -0.118. The van der Waals surface area contributed by atoms with E-state index in [0.717, 1.165) is 5.56 Å². The Morgan fingerprint density at radius 1 is 1.42 bits per heavy atom. The third-order valence-electron chi connectivity index (χ3n) is 1.93. The summed E-state index contributed by atoms with van der Waals surface area (Å²) >= 11 is 0. The van der Waals surface area contributed by atoms with Crippen LogP contribution in [0.5, 0.6) is 0 Å². The van der Waals surface area contributed by atoms with Crippen LogP contribution in [0.4, 0.5) is 0 Å². The summed E-state index contributed by atoms with van der Waals surface area (Å²) in [5, 5.41) is 0. The quantitative estimate of drug-likeness (QED) is 0.730. The molecule has 2 nitrogen and oxygen atoms in total. The average Bonchev–Trinajstić information content (AvgIpc) is 2.07. The molecular weight excluding hydrogens is 150 g/mol. The van der Waals surface area contributed by atoms with Crippen molar-refractivity contribution in [3.8, 4) is 0 Å². The maximum atomic E-state index is 11.1. The Balaban J connectivity index is 2.88. The van der Waals surface area contributed by atoms with Crippen molar-refractivity contribution in [3.63, 3.8) is 0 Å². The fourth-order valence-corrected chi connectivity index (χ4v) is 1.22. The van der Waals surface area contributed by atoms with Crippen LogP contribution in [0.1, 0.15) is 18.4 Å². The van der Waals surface area contributed by atoms with E-state index in [1.54, 1.807) is 6.92 Å². The molecule has 0 bridgehead atoms. The van der Waals surface area contributed by atoms with Crippen molar-refractivity contribution >= 4 is 5.78 Å². The van der Waals surface area contributed by atoms with Crippen molar-refractivity contribution in [2.45, 2.75) is 12.8 Å². The Labute approximate surface area is 72.4 Å². The topological polar surface area (TPSA) is 43.1 Å². The van der Waals surface area contributed by atoms with Crippen LogP contribution in [0, 0.1) is 0 Å². The van der Waals surface area contributed by atoms with Crippen LogP contribution < -0.4 is 5.73 Å². The molecule has 0 radical (unpaired) electrons. The van der Waals surface area contributed by atoms with E-state index in [1.807, 2.05) is 30.3 Å². The standard InChI is InChI=1S/C10H13NO/c1-8(12)10(7-11)9-5-3-2-4-6-9/h2-6,10H,7,11H2,1H3. The zero-order valence-corrected chi connectivity index (χ0v) is 7.16. The van der Waals surface area contributed by atoms with Crippen LogP contribution in [0.2, 0.25) is 0 Å². The van der Waals surface area contributed by atoms with Gasteiger partial charge in [-0.1, -0.05) is 30.3 Å². The highest BCUT2D eigenvalue weighted by atomic mass is 16.1. The van der Waals surface area contributed by atoms with E-state index < -0.39 is 0 Å². The Hall–Kier alpha value is -1.15. The molecule has 0 aliphatic rings. The monoisotopic (exact) mass is 163 g/mol. The van der Waals surface area contributed by atoms with Gasteiger partial charge >= 0.3 is 0 Å². The van der Waals surface area contributed by atoms with Crippen LogP contribution in [0.3, 0.4) is 0 Å². The molecule has 0 amide bonds. The first-order valence-electron chi connectivity index (χ1n) is 4.01. The van der Waals surface area contributed by atoms with E-state index in [-0.39, 0.29) is 11.7 Å². The smallest absolute Gasteiger partial charge is 0.138 e. The molecule has 1 rings (SSSR count). The summed E-state index contributed by atoms with van der Waals surface area (Å²) in [6, 6.07) is 9.62. The molecule has 2 N–H and O–H groups in total. The first-order chi connectivity index (χ1) is 5.75. The van der Waals surface area contributed by atoms with Crippen LogP contribution in [-0.4, -0.2) is 12.3 Å². The number of hydrogen-bond donors (Lipinski definition) is 1. The summed E-state index contributed by atoms with van der Waals surface area (Å²) in [6.45, 7) is 1.96. The lowest BCUT2D eigenvalue weighted by Crippen LogP contribution is -2.19. The summed E-state index contributed by atoms with van der Waals surface area (Å²) in [7, 11) is 0. The fraction of sp³-hybridized carbons (Fsp3) is 0.300. The minimum atomic E-state index is -0.133. The van der Waals surface area contributed by atoms with Crippen molar-refractivity contribution in [3.05, 3.63) is 35.9 Å². The first kappa shape index (κ1) is 8.94. The maximum absolute atomic E-state index is 11.1. The molecular formula is C10H13NO. The normalized spacial score (nSPS) is 12.5. The van der Waals surface area contributed by atoms with Crippen molar-refractivity contribution in [2.75, 3.05) is 6.54 Å². The van der Waals surface area contributed by atoms with Gasteiger partial charge in [-0.2, -0.15) is 0 Å². The van der Waals surface area contributed by atoms with Gasteiger partial charge in [0.25, 0.3) is 0 Å². The number of carbonyl (C=O) groups is 1. The highest BCUT2D eigenvalue weighted by molar-refractivity contribution is 5.83. The fourth-order valence-electron chi connectivity index (χ4n) is 1.22. The number of hydrogen-bond acceptors (Lipinski definition) is 2. The number of nitrogens with two attached hydrogens (primary N) is 1. The minimum Gasteiger partial charge on any atom is -0.329 e. The Morgan fingerprint density at radius 3 is 2.42 bits per heavy atom. The molecule has 1 unspecified atom stereocenters. The zero-order valence-electron chi connectivity index (χ0n) is 7.16. The third kappa shape index (κ3) is 1.92. The number of carbonyl (C=O) groups excluding carboxylic acids is 1. The molecule has 1 atom stereocenters. The van der Waals surface area contributed by atoms with Gasteiger partial charge in [0.15, 0.2) is 0 Å². The third-order valence-corrected chi connectivity index (χ3v) is 1.93. The molecule has 0 aliphatic carbocycles. The van der Waals surface area contributed by atoms with Gasteiger partial charge in [-0.3, -0.25) is 4.79 Å². The number of benzene rings is 1. The Kier molecular flexibility index (Phi) is 3.00. The van der Waals surface area contributed by atoms with Crippen molar-refractivity contribution < 1.29 is 4.79 Å². The molecule has 0 fully saturated rings. The molecule has 0 spiro atoms. The summed E-state index contributed by atoms with van der Waals surface area (Å²) in [5.41, 5.74) is 6.49. The molecule has 0 saturated carbocycles. The van der Waals surface area contributed by atoms with Crippen LogP contribution in [-0.2, 0) is 4.79 Å². The number of ketones is 1. The van der Waals surface area contributed by atoms with E-state index in [4.69, 9.17) is 5.73 Å². The van der Waals surface area contributed by atoms with Gasteiger partial charge in [0.2, 0.25) is 0 Å². The van der Waals surface area contributed by atoms with Gasteiger partial charge in [0.1, 0.15) is 5.78 Å². The molecule has 2 heteroatoms.